The molecule has 3 rings (SSSR count). The van der Waals surface area contributed by atoms with Crippen molar-refractivity contribution in [3.05, 3.63) is 23.8 Å². The van der Waals surface area contributed by atoms with Gasteiger partial charge in [0.25, 0.3) is 0 Å². The van der Waals surface area contributed by atoms with E-state index in [2.05, 4.69) is 4.72 Å². The van der Waals surface area contributed by atoms with Gasteiger partial charge in [-0.25, -0.2) is 13.1 Å². The van der Waals surface area contributed by atoms with Crippen LogP contribution < -0.4 is 9.62 Å². The monoisotopic (exact) mass is 379 g/mol. The molecule has 26 heavy (non-hydrogen) atoms. The lowest BCUT2D eigenvalue weighted by molar-refractivity contribution is -0.130. The van der Waals surface area contributed by atoms with Crippen molar-refractivity contribution in [2.75, 3.05) is 31.1 Å². The van der Waals surface area contributed by atoms with Gasteiger partial charge >= 0.3 is 0 Å². The van der Waals surface area contributed by atoms with Gasteiger partial charge in [-0.2, -0.15) is 0 Å². The lowest BCUT2D eigenvalue weighted by Gasteiger charge is -2.29. The number of benzene rings is 1. The fourth-order valence-corrected chi connectivity index (χ4v) is 4.59. The number of rotatable bonds is 4. The van der Waals surface area contributed by atoms with Gasteiger partial charge in [-0.05, 0) is 55.9 Å². The molecule has 2 amide bonds. The minimum atomic E-state index is -3.77. The van der Waals surface area contributed by atoms with Crippen LogP contribution in [0.3, 0.4) is 0 Å². The topological polar surface area (TPSA) is 86.8 Å². The number of sulfonamides is 1. The van der Waals surface area contributed by atoms with Crippen molar-refractivity contribution < 1.29 is 18.0 Å². The summed E-state index contributed by atoms with van der Waals surface area (Å²) in [5.74, 6) is -0.235. The zero-order valence-corrected chi connectivity index (χ0v) is 15.8. The Morgan fingerprint density at radius 3 is 2.50 bits per heavy atom. The number of nitrogens with zero attached hydrogens (tertiary/aromatic N) is 2. The number of nitrogens with one attached hydrogen (secondary N) is 1. The molecule has 0 unspecified atom stereocenters. The maximum absolute atomic E-state index is 12.6. The highest BCUT2D eigenvalue weighted by atomic mass is 32.2. The molecule has 0 saturated carbocycles. The predicted molar refractivity (Wildman–Crippen MR) is 98.4 cm³/mol. The first-order valence-corrected chi connectivity index (χ1v) is 10.6. The second-order valence-electron chi connectivity index (χ2n) is 6.83. The molecule has 0 radical (unpaired) electrons. The fraction of sp³-hybridized carbons (Fsp3) is 0.556. The van der Waals surface area contributed by atoms with Gasteiger partial charge < -0.3 is 9.80 Å². The van der Waals surface area contributed by atoms with E-state index in [1.54, 1.807) is 21.9 Å². The second kappa shape index (κ2) is 7.75. The normalized spacial score (nSPS) is 17.7. The standard InChI is InChI=1S/C18H25N3O4S/c1-14(22)21-11-5-6-15-12-16(7-8-17(15)21)26(24,25)19-13-18(23)20-9-3-2-4-10-20/h7-8,12,19H,2-6,9-11,13H2,1H3. The molecule has 2 heterocycles. The van der Waals surface area contributed by atoms with Gasteiger partial charge in [0.15, 0.2) is 0 Å². The van der Waals surface area contributed by atoms with E-state index in [-0.39, 0.29) is 23.3 Å². The van der Waals surface area contributed by atoms with E-state index in [1.165, 1.54) is 13.0 Å². The first-order valence-electron chi connectivity index (χ1n) is 9.07. The Labute approximate surface area is 154 Å². The summed E-state index contributed by atoms with van der Waals surface area (Å²) in [4.78, 5) is 27.4. The number of hydrogen-bond acceptors (Lipinski definition) is 4. The maximum Gasteiger partial charge on any atom is 0.241 e. The van der Waals surface area contributed by atoms with Crippen LogP contribution in [0.4, 0.5) is 5.69 Å². The lowest BCUT2D eigenvalue weighted by Crippen LogP contribution is -2.42. The van der Waals surface area contributed by atoms with Gasteiger partial charge in [-0.1, -0.05) is 0 Å². The Balaban J connectivity index is 1.71. The summed E-state index contributed by atoms with van der Waals surface area (Å²) in [5, 5.41) is 0. The van der Waals surface area contributed by atoms with Crippen LogP contribution in [0.1, 0.15) is 38.2 Å². The Morgan fingerprint density at radius 1 is 1.08 bits per heavy atom. The number of amides is 2. The molecule has 2 aliphatic rings. The Morgan fingerprint density at radius 2 is 1.81 bits per heavy atom. The molecule has 142 valence electrons. The van der Waals surface area contributed by atoms with Gasteiger partial charge in [0.2, 0.25) is 21.8 Å². The highest BCUT2D eigenvalue weighted by molar-refractivity contribution is 7.89. The number of carbonyl (C=O) groups excluding carboxylic acids is 2. The van der Waals surface area contributed by atoms with Crippen molar-refractivity contribution >= 4 is 27.5 Å². The minimum absolute atomic E-state index is 0.0492. The van der Waals surface area contributed by atoms with Crippen molar-refractivity contribution in [3.63, 3.8) is 0 Å². The molecule has 2 aliphatic heterocycles. The molecule has 0 aliphatic carbocycles. The number of hydrogen-bond donors (Lipinski definition) is 1. The summed E-state index contributed by atoms with van der Waals surface area (Å²) < 4.78 is 27.5. The molecule has 7 nitrogen and oxygen atoms in total. The number of anilines is 1. The van der Waals surface area contributed by atoms with Crippen molar-refractivity contribution in [1.82, 2.24) is 9.62 Å². The zero-order valence-electron chi connectivity index (χ0n) is 15.0. The fourth-order valence-electron chi connectivity index (χ4n) is 3.56. The predicted octanol–water partition coefficient (Wildman–Crippen LogP) is 1.28. The van der Waals surface area contributed by atoms with E-state index in [9.17, 15) is 18.0 Å². The van der Waals surface area contributed by atoms with Crippen LogP contribution in [0.2, 0.25) is 0 Å². The van der Waals surface area contributed by atoms with E-state index in [4.69, 9.17) is 0 Å². The number of likely N-dealkylation sites (tertiary alicyclic amines) is 1. The summed E-state index contributed by atoms with van der Waals surface area (Å²) >= 11 is 0. The molecule has 1 aromatic carbocycles. The molecule has 0 bridgehead atoms. The summed E-state index contributed by atoms with van der Waals surface area (Å²) in [6, 6.07) is 4.78. The summed E-state index contributed by atoms with van der Waals surface area (Å²) in [5.41, 5.74) is 1.61. The largest absolute Gasteiger partial charge is 0.342 e. The van der Waals surface area contributed by atoms with E-state index in [0.717, 1.165) is 43.4 Å². The van der Waals surface area contributed by atoms with E-state index >= 15 is 0 Å². The van der Waals surface area contributed by atoms with Gasteiger partial charge in [-0.15, -0.1) is 0 Å². The first kappa shape index (κ1) is 18.8. The zero-order chi connectivity index (χ0) is 18.7. The molecule has 0 atom stereocenters. The number of piperidine rings is 1. The molecule has 8 heteroatoms. The first-order chi connectivity index (χ1) is 12.4. The van der Waals surface area contributed by atoms with Crippen LogP contribution in [0.25, 0.3) is 0 Å². The Kier molecular flexibility index (Phi) is 5.62. The number of aryl methyl sites for hydroxylation is 1. The highest BCUT2D eigenvalue weighted by Crippen LogP contribution is 2.29. The van der Waals surface area contributed by atoms with Crippen molar-refractivity contribution in [1.29, 1.82) is 0 Å². The molecule has 0 aromatic heterocycles. The number of fused-ring (bicyclic) bond motifs is 1. The van der Waals surface area contributed by atoms with E-state index < -0.39 is 10.0 Å². The third-order valence-electron chi connectivity index (χ3n) is 4.98. The molecule has 0 spiro atoms. The minimum Gasteiger partial charge on any atom is -0.342 e. The van der Waals surface area contributed by atoms with Crippen LogP contribution in [-0.2, 0) is 26.0 Å². The van der Waals surface area contributed by atoms with Crippen molar-refractivity contribution in [2.24, 2.45) is 0 Å². The molecule has 1 fully saturated rings. The van der Waals surface area contributed by atoms with Crippen LogP contribution in [-0.4, -0.2) is 51.3 Å². The number of carbonyl (C=O) groups is 2. The third kappa shape index (κ3) is 4.07. The summed E-state index contributed by atoms with van der Waals surface area (Å²) in [7, 11) is -3.77. The maximum atomic E-state index is 12.6. The highest BCUT2D eigenvalue weighted by Gasteiger charge is 2.24. The molecule has 1 aromatic rings. The third-order valence-corrected chi connectivity index (χ3v) is 6.38. The molecule has 1 N–H and O–H groups in total. The smallest absolute Gasteiger partial charge is 0.241 e. The summed E-state index contributed by atoms with van der Waals surface area (Å²) in [6.07, 6.45) is 4.58. The van der Waals surface area contributed by atoms with Gasteiger partial charge in [0.05, 0.1) is 11.4 Å². The van der Waals surface area contributed by atoms with Crippen LogP contribution >= 0.6 is 0 Å². The average Bonchev–Trinajstić information content (AvgIpc) is 2.65. The van der Waals surface area contributed by atoms with Crippen LogP contribution in [0.5, 0.6) is 0 Å². The van der Waals surface area contributed by atoms with Crippen molar-refractivity contribution in [3.8, 4) is 0 Å². The van der Waals surface area contributed by atoms with Crippen LogP contribution in [0, 0.1) is 0 Å². The van der Waals surface area contributed by atoms with Crippen LogP contribution in [0.15, 0.2) is 23.1 Å². The van der Waals surface area contributed by atoms with Gasteiger partial charge in [-0.3, -0.25) is 9.59 Å². The second-order valence-corrected chi connectivity index (χ2v) is 8.60. The molecular formula is C18H25N3O4S. The van der Waals surface area contributed by atoms with Crippen molar-refractivity contribution in [2.45, 2.75) is 43.9 Å². The lowest BCUT2D eigenvalue weighted by atomic mass is 10.0. The summed E-state index contributed by atoms with van der Waals surface area (Å²) in [6.45, 7) is 3.32. The van der Waals surface area contributed by atoms with E-state index in [1.807, 2.05) is 0 Å². The van der Waals surface area contributed by atoms with Gasteiger partial charge in [0, 0.05) is 32.2 Å². The molecular weight excluding hydrogens is 354 g/mol. The SMILES string of the molecule is CC(=O)N1CCCc2cc(S(=O)(=O)NCC(=O)N3CCCCC3)ccc21. The Bertz CT molecular complexity index is 801. The molecule has 1 saturated heterocycles. The van der Waals surface area contributed by atoms with E-state index in [0.29, 0.717) is 19.6 Å². The average molecular weight is 379 g/mol. The Hall–Kier alpha value is -1.93. The van der Waals surface area contributed by atoms with Gasteiger partial charge in [0.1, 0.15) is 0 Å². The quantitative estimate of drug-likeness (QED) is 0.854.